The molecule has 3 fully saturated rings. The van der Waals surface area contributed by atoms with Gasteiger partial charge in [-0.25, -0.2) is 0 Å². The van der Waals surface area contributed by atoms with Crippen LogP contribution in [0.25, 0.3) is 0 Å². The Morgan fingerprint density at radius 1 is 1.14 bits per heavy atom. The van der Waals surface area contributed by atoms with Crippen LogP contribution < -0.4 is 20.1 Å². The van der Waals surface area contributed by atoms with Crippen LogP contribution in [0.3, 0.4) is 0 Å². The minimum atomic E-state index is -0.729. The van der Waals surface area contributed by atoms with Gasteiger partial charge in [0.25, 0.3) is 0 Å². The zero-order chi connectivity index (χ0) is 15.2. The highest BCUT2D eigenvalue weighted by Crippen LogP contribution is 2.44. The van der Waals surface area contributed by atoms with Gasteiger partial charge in [0.1, 0.15) is 23.1 Å². The molecule has 2 N–H and O–H groups in total. The highest BCUT2D eigenvalue weighted by molar-refractivity contribution is 6.05. The van der Waals surface area contributed by atoms with E-state index in [0.29, 0.717) is 17.9 Å². The molecule has 0 saturated carbocycles. The van der Waals surface area contributed by atoms with E-state index in [9.17, 15) is 9.59 Å². The van der Waals surface area contributed by atoms with E-state index in [0.717, 1.165) is 5.56 Å². The molecule has 3 heterocycles. The number of nitrogens with one attached hydrogen (secondary N) is 2. The van der Waals surface area contributed by atoms with Crippen molar-refractivity contribution in [3.8, 4) is 11.5 Å². The smallest absolute Gasteiger partial charge is 0.235 e. The average Bonchev–Trinajstić information content (AvgIpc) is 2.44. The summed E-state index contributed by atoms with van der Waals surface area (Å²) in [5, 5.41) is 5.69. The lowest BCUT2D eigenvalue weighted by Crippen LogP contribution is -2.72. The van der Waals surface area contributed by atoms with Gasteiger partial charge in [-0.3, -0.25) is 9.59 Å². The second-order valence-electron chi connectivity index (χ2n) is 5.71. The second-order valence-corrected chi connectivity index (χ2v) is 5.71. The van der Waals surface area contributed by atoms with Crippen molar-refractivity contribution in [3.63, 3.8) is 0 Å². The fourth-order valence-corrected chi connectivity index (χ4v) is 3.29. The first-order valence-corrected chi connectivity index (χ1v) is 6.83. The summed E-state index contributed by atoms with van der Waals surface area (Å²) < 4.78 is 10.6. The monoisotopic (exact) mass is 290 g/mol. The highest BCUT2D eigenvalue weighted by atomic mass is 16.5. The van der Waals surface area contributed by atoms with Crippen molar-refractivity contribution >= 4 is 11.8 Å². The molecule has 1 aromatic carbocycles. The van der Waals surface area contributed by atoms with Gasteiger partial charge in [0.2, 0.25) is 11.8 Å². The van der Waals surface area contributed by atoms with E-state index in [4.69, 9.17) is 9.47 Å². The molecular weight excluding hydrogens is 272 g/mol. The summed E-state index contributed by atoms with van der Waals surface area (Å²) in [6.45, 7) is 1.82. The maximum atomic E-state index is 12.2. The summed E-state index contributed by atoms with van der Waals surface area (Å²) >= 11 is 0. The van der Waals surface area contributed by atoms with Crippen molar-refractivity contribution in [2.24, 2.45) is 5.92 Å². The second kappa shape index (κ2) is 4.65. The Morgan fingerprint density at radius 3 is 2.33 bits per heavy atom. The molecule has 3 aliphatic rings. The van der Waals surface area contributed by atoms with Crippen LogP contribution in [0.15, 0.2) is 18.2 Å². The van der Waals surface area contributed by atoms with Crippen molar-refractivity contribution in [2.45, 2.75) is 24.9 Å². The molecule has 0 aliphatic carbocycles. The van der Waals surface area contributed by atoms with Gasteiger partial charge in [0, 0.05) is 11.5 Å². The molecule has 0 aromatic heterocycles. The third kappa shape index (κ3) is 2.11. The summed E-state index contributed by atoms with van der Waals surface area (Å²) in [6.07, 6.45) is 0.624. The van der Waals surface area contributed by atoms with E-state index < -0.39 is 11.6 Å². The first kappa shape index (κ1) is 13.7. The standard InChI is InChI=1S/C15H18N2O4/c1-15-7-10(12(13(18)16-15)14(19)17-15)9-6-8(20-2)4-5-11(9)21-3/h4-6,10,12H,7H2,1-3H3,(H,16,18)(H,17,19)/t10-,12?,15?/m1/s1. The van der Waals surface area contributed by atoms with Crippen molar-refractivity contribution < 1.29 is 19.1 Å². The number of carbonyl (C=O) groups excluding carboxylic acids is 2. The summed E-state index contributed by atoms with van der Waals surface area (Å²) in [4.78, 5) is 24.3. The largest absolute Gasteiger partial charge is 0.497 e. The van der Waals surface area contributed by atoms with Crippen LogP contribution in [0.5, 0.6) is 11.5 Å². The number of carbonyl (C=O) groups is 2. The van der Waals surface area contributed by atoms with Crippen LogP contribution in [-0.4, -0.2) is 31.7 Å². The summed E-state index contributed by atoms with van der Waals surface area (Å²) in [7, 11) is 3.16. The van der Waals surface area contributed by atoms with Crippen LogP contribution in [0, 0.1) is 5.92 Å². The molecular formula is C15H18N2O4. The predicted molar refractivity (Wildman–Crippen MR) is 75.1 cm³/mol. The SMILES string of the molecule is COc1ccc(OC)c([C@H]2CC3(C)NC(=O)C2C(=O)N3)c1. The van der Waals surface area contributed by atoms with E-state index in [-0.39, 0.29) is 17.7 Å². The Bertz CT molecular complexity index is 596. The van der Waals surface area contributed by atoms with E-state index in [1.54, 1.807) is 26.4 Å². The van der Waals surface area contributed by atoms with Crippen molar-refractivity contribution in [1.29, 1.82) is 0 Å². The quantitative estimate of drug-likeness (QED) is 0.806. The Labute approximate surface area is 122 Å². The lowest BCUT2D eigenvalue weighted by atomic mass is 9.72. The van der Waals surface area contributed by atoms with Crippen LogP contribution in [-0.2, 0) is 9.59 Å². The van der Waals surface area contributed by atoms with E-state index >= 15 is 0 Å². The average molecular weight is 290 g/mol. The molecule has 0 unspecified atom stereocenters. The lowest BCUT2D eigenvalue weighted by molar-refractivity contribution is -0.149. The molecule has 0 radical (unpaired) electrons. The number of ether oxygens (including phenoxy) is 2. The van der Waals surface area contributed by atoms with Crippen molar-refractivity contribution in [1.82, 2.24) is 10.6 Å². The molecule has 3 aliphatic heterocycles. The Hall–Kier alpha value is -2.24. The minimum absolute atomic E-state index is 0.220. The summed E-state index contributed by atoms with van der Waals surface area (Å²) in [5.41, 5.74) is 0.125. The number of hydrogen-bond acceptors (Lipinski definition) is 4. The normalized spacial score (nSPS) is 30.6. The number of amides is 2. The van der Waals surface area contributed by atoms with E-state index in [1.807, 2.05) is 13.0 Å². The Kier molecular flexibility index (Phi) is 3.04. The molecule has 112 valence electrons. The molecule has 2 amide bonds. The van der Waals surface area contributed by atoms with E-state index in [2.05, 4.69) is 10.6 Å². The maximum Gasteiger partial charge on any atom is 0.235 e. The molecule has 6 nitrogen and oxygen atoms in total. The molecule has 4 rings (SSSR count). The van der Waals surface area contributed by atoms with Gasteiger partial charge in [-0.2, -0.15) is 0 Å². The highest BCUT2D eigenvalue weighted by Gasteiger charge is 2.53. The number of piperidine rings is 2. The first-order valence-electron chi connectivity index (χ1n) is 6.83. The first-order chi connectivity index (χ1) is 9.97. The van der Waals surface area contributed by atoms with Crippen LogP contribution in [0.4, 0.5) is 0 Å². The van der Waals surface area contributed by atoms with Gasteiger partial charge < -0.3 is 20.1 Å². The Morgan fingerprint density at radius 2 is 1.81 bits per heavy atom. The number of hydrogen-bond donors (Lipinski definition) is 2. The van der Waals surface area contributed by atoms with Gasteiger partial charge in [-0.1, -0.05) is 0 Å². The fourth-order valence-electron chi connectivity index (χ4n) is 3.29. The summed E-state index contributed by atoms with van der Waals surface area (Å²) in [5.74, 6) is -0.0732. The third-order valence-electron chi connectivity index (χ3n) is 4.23. The molecule has 6 heteroatoms. The van der Waals surface area contributed by atoms with Gasteiger partial charge in [-0.05, 0) is 31.5 Å². The van der Waals surface area contributed by atoms with Gasteiger partial charge in [-0.15, -0.1) is 0 Å². The predicted octanol–water partition coefficient (Wildman–Crippen LogP) is 0.769. The lowest BCUT2D eigenvalue weighted by Gasteiger charge is -2.48. The van der Waals surface area contributed by atoms with Crippen molar-refractivity contribution in [3.05, 3.63) is 23.8 Å². The van der Waals surface area contributed by atoms with Crippen LogP contribution >= 0.6 is 0 Å². The maximum absolute atomic E-state index is 12.2. The molecule has 2 bridgehead atoms. The molecule has 3 saturated heterocycles. The molecule has 21 heavy (non-hydrogen) atoms. The van der Waals surface area contributed by atoms with E-state index in [1.165, 1.54) is 0 Å². The zero-order valence-electron chi connectivity index (χ0n) is 12.2. The number of benzene rings is 1. The fraction of sp³-hybridized carbons (Fsp3) is 0.467. The van der Waals surface area contributed by atoms with Gasteiger partial charge in [0.15, 0.2) is 0 Å². The molecule has 1 atom stereocenters. The van der Waals surface area contributed by atoms with Crippen molar-refractivity contribution in [2.75, 3.05) is 14.2 Å². The third-order valence-corrected chi connectivity index (χ3v) is 4.23. The summed E-state index contributed by atoms with van der Waals surface area (Å²) in [6, 6.07) is 5.44. The number of fused-ring (bicyclic) bond motifs is 3. The minimum Gasteiger partial charge on any atom is -0.497 e. The number of methoxy groups -OCH3 is 2. The van der Waals surface area contributed by atoms with Gasteiger partial charge in [0.05, 0.1) is 14.2 Å². The van der Waals surface area contributed by atoms with Crippen LogP contribution in [0.2, 0.25) is 0 Å². The molecule has 0 spiro atoms. The number of rotatable bonds is 3. The zero-order valence-corrected chi connectivity index (χ0v) is 12.2. The van der Waals surface area contributed by atoms with Gasteiger partial charge >= 0.3 is 0 Å². The Balaban J connectivity index is 2.08. The van der Waals surface area contributed by atoms with Crippen LogP contribution in [0.1, 0.15) is 24.8 Å². The topological polar surface area (TPSA) is 76.7 Å². The molecule has 1 aromatic rings.